The Bertz CT molecular complexity index is 963. The number of nitriles is 1. The second kappa shape index (κ2) is 7.55. The summed E-state index contributed by atoms with van der Waals surface area (Å²) in [5, 5.41) is 9.16. The van der Waals surface area contributed by atoms with Gasteiger partial charge in [-0.05, 0) is 36.4 Å². The number of esters is 1. The molecule has 8 heteroatoms. The van der Waals surface area contributed by atoms with Crippen LogP contribution < -0.4 is 4.74 Å². The number of methoxy groups -OCH3 is 1. The van der Waals surface area contributed by atoms with Crippen LogP contribution >= 0.6 is 11.6 Å². The molecule has 0 amide bonds. The van der Waals surface area contributed by atoms with E-state index in [0.29, 0.717) is 0 Å². The van der Waals surface area contributed by atoms with Crippen molar-refractivity contribution in [1.82, 2.24) is 0 Å². The van der Waals surface area contributed by atoms with E-state index in [4.69, 9.17) is 21.6 Å². The number of hydrogen-bond donors (Lipinski definition) is 0. The average Bonchev–Trinajstić information content (AvgIpc) is 2.62. The van der Waals surface area contributed by atoms with Crippen LogP contribution in [0.1, 0.15) is 22.8 Å². The molecule has 130 valence electrons. The molecule has 0 spiro atoms. The minimum Gasteiger partial charge on any atom is -0.465 e. The van der Waals surface area contributed by atoms with Crippen molar-refractivity contribution in [2.24, 2.45) is 0 Å². The predicted octanol–water partition coefficient (Wildman–Crippen LogP) is 3.58. The summed E-state index contributed by atoms with van der Waals surface area (Å²) >= 11 is 6.10. The van der Waals surface area contributed by atoms with Crippen LogP contribution in [0.25, 0.3) is 0 Å². The van der Waals surface area contributed by atoms with Gasteiger partial charge < -0.3 is 9.47 Å². The summed E-state index contributed by atoms with van der Waals surface area (Å²) in [6.07, 6.45) is 0. The van der Waals surface area contributed by atoms with Crippen molar-refractivity contribution in [3.8, 4) is 17.6 Å². The van der Waals surface area contributed by atoms with Gasteiger partial charge in [0.15, 0.2) is 9.84 Å². The van der Waals surface area contributed by atoms with Crippen LogP contribution in [0, 0.1) is 11.3 Å². The first-order valence-electron chi connectivity index (χ1n) is 7.14. The van der Waals surface area contributed by atoms with E-state index < -0.39 is 15.8 Å². The van der Waals surface area contributed by atoms with E-state index in [-0.39, 0.29) is 38.3 Å². The van der Waals surface area contributed by atoms with Crippen LogP contribution in [-0.2, 0) is 14.6 Å². The second-order valence-electron chi connectivity index (χ2n) is 4.95. The summed E-state index contributed by atoms with van der Waals surface area (Å²) in [5.74, 6) is -0.261. The van der Waals surface area contributed by atoms with Crippen LogP contribution in [0.4, 0.5) is 0 Å². The molecule has 25 heavy (non-hydrogen) atoms. The van der Waals surface area contributed by atoms with Gasteiger partial charge in [0.25, 0.3) is 0 Å². The van der Waals surface area contributed by atoms with E-state index in [1.54, 1.807) is 0 Å². The first-order valence-corrected chi connectivity index (χ1v) is 9.17. The minimum absolute atomic E-state index is 0.0454. The Kier molecular flexibility index (Phi) is 5.67. The Morgan fingerprint density at radius 2 is 1.96 bits per heavy atom. The summed E-state index contributed by atoms with van der Waals surface area (Å²) in [6.45, 7) is 1.54. The highest BCUT2D eigenvalue weighted by Crippen LogP contribution is 2.32. The van der Waals surface area contributed by atoms with E-state index in [9.17, 15) is 13.2 Å². The highest BCUT2D eigenvalue weighted by atomic mass is 35.5. The van der Waals surface area contributed by atoms with Crippen molar-refractivity contribution < 1.29 is 22.7 Å². The Labute approximate surface area is 150 Å². The summed E-state index contributed by atoms with van der Waals surface area (Å²) in [4.78, 5) is 11.8. The van der Waals surface area contributed by atoms with Crippen LogP contribution in [0.3, 0.4) is 0 Å². The number of rotatable bonds is 5. The topological polar surface area (TPSA) is 93.5 Å². The number of carbonyl (C=O) groups is 1. The molecular formula is C17H14ClNO5S. The zero-order chi connectivity index (χ0) is 18.6. The van der Waals surface area contributed by atoms with Gasteiger partial charge in [0.05, 0.1) is 40.0 Å². The van der Waals surface area contributed by atoms with Crippen molar-refractivity contribution >= 4 is 27.4 Å². The molecule has 2 aromatic carbocycles. The van der Waals surface area contributed by atoms with E-state index >= 15 is 0 Å². The first kappa shape index (κ1) is 18.8. The van der Waals surface area contributed by atoms with Crippen LogP contribution in [0.2, 0.25) is 5.02 Å². The van der Waals surface area contributed by atoms with Gasteiger partial charge >= 0.3 is 5.97 Å². The maximum absolute atomic E-state index is 11.9. The van der Waals surface area contributed by atoms with Gasteiger partial charge in [-0.2, -0.15) is 5.26 Å². The molecule has 0 bridgehead atoms. The largest absolute Gasteiger partial charge is 0.465 e. The van der Waals surface area contributed by atoms with Crippen molar-refractivity contribution in [3.05, 3.63) is 52.5 Å². The fourth-order valence-electron chi connectivity index (χ4n) is 2.01. The lowest BCUT2D eigenvalue weighted by Crippen LogP contribution is -2.04. The van der Waals surface area contributed by atoms with Gasteiger partial charge in [-0.3, -0.25) is 0 Å². The molecule has 0 saturated carbocycles. The SMILES string of the molecule is CCS(=O)(=O)c1ccc(Oc2cc(C#N)cc(C(=O)OC)c2)c(Cl)c1. The lowest BCUT2D eigenvalue weighted by Gasteiger charge is -2.10. The number of hydrogen-bond acceptors (Lipinski definition) is 6. The van der Waals surface area contributed by atoms with Gasteiger partial charge in [-0.1, -0.05) is 18.5 Å². The Balaban J connectivity index is 2.40. The molecule has 6 nitrogen and oxygen atoms in total. The van der Waals surface area contributed by atoms with Crippen molar-refractivity contribution in [3.63, 3.8) is 0 Å². The van der Waals surface area contributed by atoms with Gasteiger partial charge in [-0.15, -0.1) is 0 Å². The zero-order valence-corrected chi connectivity index (χ0v) is 15.0. The molecule has 0 atom stereocenters. The molecule has 0 aromatic heterocycles. The number of halogens is 1. The van der Waals surface area contributed by atoms with E-state index in [0.717, 1.165) is 0 Å². The molecule has 0 aliphatic rings. The Morgan fingerprint density at radius 1 is 1.24 bits per heavy atom. The molecule has 0 unspecified atom stereocenters. The van der Waals surface area contributed by atoms with E-state index in [1.807, 2.05) is 6.07 Å². The smallest absolute Gasteiger partial charge is 0.338 e. The molecule has 0 fully saturated rings. The number of ether oxygens (including phenoxy) is 2. The van der Waals surface area contributed by atoms with Gasteiger partial charge in [0.2, 0.25) is 0 Å². The second-order valence-corrected chi connectivity index (χ2v) is 7.63. The average molecular weight is 380 g/mol. The molecule has 0 aliphatic heterocycles. The lowest BCUT2D eigenvalue weighted by atomic mass is 10.1. The number of sulfone groups is 1. The Hall–Kier alpha value is -2.56. The predicted molar refractivity (Wildman–Crippen MR) is 91.7 cm³/mol. The Morgan fingerprint density at radius 3 is 2.52 bits per heavy atom. The fraction of sp³-hybridized carbons (Fsp3) is 0.176. The lowest BCUT2D eigenvalue weighted by molar-refractivity contribution is 0.0600. The zero-order valence-electron chi connectivity index (χ0n) is 13.4. The van der Waals surface area contributed by atoms with Gasteiger partial charge in [0, 0.05) is 0 Å². The molecule has 0 saturated heterocycles. The maximum atomic E-state index is 11.9. The third-order valence-corrected chi connectivity index (χ3v) is 5.35. The van der Waals surface area contributed by atoms with Gasteiger partial charge in [0.1, 0.15) is 11.5 Å². The molecule has 0 N–H and O–H groups in total. The van der Waals surface area contributed by atoms with Crippen LogP contribution in [0.15, 0.2) is 41.3 Å². The molecule has 0 radical (unpaired) electrons. The van der Waals surface area contributed by atoms with E-state index in [1.165, 1.54) is 50.4 Å². The van der Waals surface area contributed by atoms with Gasteiger partial charge in [-0.25, -0.2) is 13.2 Å². The molecular weight excluding hydrogens is 366 g/mol. The van der Waals surface area contributed by atoms with E-state index in [2.05, 4.69) is 4.74 Å². The maximum Gasteiger partial charge on any atom is 0.338 e. The highest BCUT2D eigenvalue weighted by molar-refractivity contribution is 7.91. The summed E-state index contributed by atoms with van der Waals surface area (Å²) in [5.41, 5.74) is 0.358. The molecule has 2 aromatic rings. The number of benzene rings is 2. The highest BCUT2D eigenvalue weighted by Gasteiger charge is 2.15. The summed E-state index contributed by atoms with van der Waals surface area (Å²) < 4.78 is 34.0. The molecule has 2 rings (SSSR count). The third-order valence-electron chi connectivity index (χ3n) is 3.33. The van der Waals surface area contributed by atoms with Crippen LogP contribution in [0.5, 0.6) is 11.5 Å². The fourth-order valence-corrected chi connectivity index (χ4v) is 3.20. The van der Waals surface area contributed by atoms with Crippen LogP contribution in [-0.4, -0.2) is 27.2 Å². The summed E-state index contributed by atoms with van der Waals surface area (Å²) in [7, 11) is -2.16. The number of carbonyl (C=O) groups excluding carboxylic acids is 1. The van der Waals surface area contributed by atoms with Crippen molar-refractivity contribution in [2.75, 3.05) is 12.9 Å². The molecule has 0 aliphatic carbocycles. The minimum atomic E-state index is -3.39. The first-order chi connectivity index (χ1) is 11.8. The molecule has 0 heterocycles. The van der Waals surface area contributed by atoms with Crippen molar-refractivity contribution in [1.29, 1.82) is 5.26 Å². The summed E-state index contributed by atoms with van der Waals surface area (Å²) in [6, 6.07) is 10.2. The quantitative estimate of drug-likeness (QED) is 0.737. The third kappa shape index (κ3) is 4.29. The normalized spacial score (nSPS) is 10.8. The standard InChI is InChI=1S/C17H14ClNO5S/c1-3-25(21,22)14-4-5-16(15(18)9-14)24-13-7-11(10-19)6-12(8-13)17(20)23-2/h4-9H,3H2,1-2H3. The number of nitrogens with zero attached hydrogens (tertiary/aromatic N) is 1. The van der Waals surface area contributed by atoms with Crippen molar-refractivity contribution in [2.45, 2.75) is 11.8 Å². The monoisotopic (exact) mass is 379 g/mol.